The maximum absolute atomic E-state index is 11.8. The number of alkyl halides is 2. The second-order valence-corrected chi connectivity index (χ2v) is 5.55. The Hall–Kier alpha value is -0.290. The van der Waals surface area contributed by atoms with E-state index in [9.17, 15) is 9.59 Å². The van der Waals surface area contributed by atoms with Crippen LogP contribution in [0.3, 0.4) is 0 Å². The Morgan fingerprint density at radius 3 is 3.00 bits per heavy atom. The Morgan fingerprint density at radius 2 is 2.38 bits per heavy atom. The first-order valence-corrected chi connectivity index (χ1v) is 6.56. The van der Waals surface area contributed by atoms with Gasteiger partial charge in [-0.1, -0.05) is 15.9 Å². The third-order valence-electron chi connectivity index (χ3n) is 3.05. The van der Waals surface area contributed by atoms with Crippen LogP contribution in [0.15, 0.2) is 0 Å². The van der Waals surface area contributed by atoms with Crippen LogP contribution in [0.1, 0.15) is 13.3 Å². The quantitative estimate of drug-likeness (QED) is 0.572. The van der Waals surface area contributed by atoms with Crippen molar-refractivity contribution < 1.29 is 19.1 Å². The van der Waals surface area contributed by atoms with Gasteiger partial charge in [0, 0.05) is 0 Å². The van der Waals surface area contributed by atoms with Crippen molar-refractivity contribution in [3.05, 3.63) is 0 Å². The third-order valence-corrected chi connectivity index (χ3v) is 5.06. The summed E-state index contributed by atoms with van der Waals surface area (Å²) in [5, 5.41) is -0.464. The SMILES string of the molecule is CCOC(=O)[C@H]1[C@@H](Cl)[C@H](Br)[C@H]2C[C@@H]1C(=O)O2. The van der Waals surface area contributed by atoms with E-state index in [-0.39, 0.29) is 23.5 Å². The lowest BCUT2D eigenvalue weighted by Gasteiger charge is -2.31. The van der Waals surface area contributed by atoms with Crippen LogP contribution in [0.4, 0.5) is 0 Å². The highest BCUT2D eigenvalue weighted by molar-refractivity contribution is 9.09. The van der Waals surface area contributed by atoms with Gasteiger partial charge in [-0.25, -0.2) is 0 Å². The van der Waals surface area contributed by atoms with Crippen molar-refractivity contribution in [3.8, 4) is 0 Å². The predicted octanol–water partition coefficient (Wildman–Crippen LogP) is 1.48. The molecule has 16 heavy (non-hydrogen) atoms. The Bertz CT molecular complexity index is 322. The van der Waals surface area contributed by atoms with Crippen molar-refractivity contribution in [2.24, 2.45) is 11.8 Å². The van der Waals surface area contributed by atoms with E-state index >= 15 is 0 Å². The summed E-state index contributed by atoms with van der Waals surface area (Å²) in [4.78, 5) is 23.1. The molecule has 5 atom stereocenters. The van der Waals surface area contributed by atoms with Crippen molar-refractivity contribution in [2.45, 2.75) is 29.7 Å². The number of carbonyl (C=O) groups is 2. The highest BCUT2D eigenvalue weighted by Crippen LogP contribution is 2.44. The van der Waals surface area contributed by atoms with Gasteiger partial charge in [-0.15, -0.1) is 11.6 Å². The van der Waals surface area contributed by atoms with Gasteiger partial charge in [-0.3, -0.25) is 9.59 Å². The molecule has 1 aliphatic heterocycles. The number of rotatable bonds is 2. The largest absolute Gasteiger partial charge is 0.466 e. The molecule has 1 heterocycles. The number of carbonyl (C=O) groups excluding carboxylic acids is 2. The number of ether oxygens (including phenoxy) is 2. The fraction of sp³-hybridized carbons (Fsp3) is 0.800. The van der Waals surface area contributed by atoms with Gasteiger partial charge in [0.25, 0.3) is 0 Å². The summed E-state index contributed by atoms with van der Waals surface area (Å²) < 4.78 is 10.1. The molecule has 0 aromatic rings. The monoisotopic (exact) mass is 310 g/mol. The van der Waals surface area contributed by atoms with E-state index in [4.69, 9.17) is 21.1 Å². The summed E-state index contributed by atoms with van der Waals surface area (Å²) in [6.07, 6.45) is 0.326. The average molecular weight is 312 g/mol. The number of hydrogen-bond acceptors (Lipinski definition) is 4. The topological polar surface area (TPSA) is 52.6 Å². The zero-order valence-corrected chi connectivity index (χ0v) is 11.0. The van der Waals surface area contributed by atoms with Gasteiger partial charge in [0.2, 0.25) is 0 Å². The zero-order valence-electron chi connectivity index (χ0n) is 8.69. The van der Waals surface area contributed by atoms with E-state index in [0.29, 0.717) is 6.42 Å². The van der Waals surface area contributed by atoms with Crippen LogP contribution in [-0.2, 0) is 19.1 Å². The molecule has 1 saturated carbocycles. The first kappa shape index (κ1) is 12.2. The molecular formula is C10H12BrClO4. The maximum atomic E-state index is 11.8. The van der Waals surface area contributed by atoms with Gasteiger partial charge in [0.15, 0.2) is 0 Å². The molecule has 0 aromatic heterocycles. The lowest BCUT2D eigenvalue weighted by molar-refractivity contribution is -0.154. The fourth-order valence-electron chi connectivity index (χ4n) is 2.28. The molecule has 1 aliphatic carbocycles. The Labute approximate surface area is 107 Å². The molecule has 2 aliphatic rings. The van der Waals surface area contributed by atoms with E-state index in [2.05, 4.69) is 15.9 Å². The van der Waals surface area contributed by atoms with Gasteiger partial charge in [0.05, 0.1) is 28.6 Å². The molecule has 0 radical (unpaired) electrons. The maximum Gasteiger partial charge on any atom is 0.311 e. The fourth-order valence-corrected chi connectivity index (χ4v) is 3.37. The van der Waals surface area contributed by atoms with Crippen molar-refractivity contribution >= 4 is 39.5 Å². The van der Waals surface area contributed by atoms with E-state index in [1.165, 1.54) is 0 Å². The Morgan fingerprint density at radius 1 is 1.69 bits per heavy atom. The molecule has 2 fully saturated rings. The molecule has 0 aromatic carbocycles. The first-order valence-electron chi connectivity index (χ1n) is 5.21. The van der Waals surface area contributed by atoms with Crippen molar-refractivity contribution in [1.29, 1.82) is 0 Å². The summed E-state index contributed by atoms with van der Waals surface area (Å²) in [7, 11) is 0. The van der Waals surface area contributed by atoms with E-state index in [0.717, 1.165) is 0 Å². The molecule has 4 nitrogen and oxygen atoms in total. The average Bonchev–Trinajstić information content (AvgIpc) is 2.56. The lowest BCUT2D eigenvalue weighted by atomic mass is 9.79. The standard InChI is InChI=1S/C10H12BrClO4/c1-2-15-10(14)6-4-3-5(16-9(4)13)7(11)8(6)12/h4-8H,2-3H2,1H3/t4-,5+,6+,7+,8+/m0/s1. The van der Waals surface area contributed by atoms with E-state index in [1.54, 1.807) is 6.92 Å². The lowest BCUT2D eigenvalue weighted by Crippen LogP contribution is -2.45. The normalized spacial score (nSPS) is 41.7. The molecule has 1 saturated heterocycles. The van der Waals surface area contributed by atoms with Gasteiger partial charge >= 0.3 is 11.9 Å². The molecule has 2 rings (SSSR count). The van der Waals surface area contributed by atoms with Gasteiger partial charge in [0.1, 0.15) is 6.10 Å². The van der Waals surface area contributed by atoms with Gasteiger partial charge in [-0.2, -0.15) is 0 Å². The number of fused-ring (bicyclic) bond motifs is 2. The third kappa shape index (κ3) is 1.84. The molecule has 6 heteroatoms. The molecule has 0 spiro atoms. The Kier molecular flexibility index (Phi) is 3.45. The Balaban J connectivity index is 2.21. The van der Waals surface area contributed by atoms with Gasteiger partial charge < -0.3 is 9.47 Å². The molecular weight excluding hydrogens is 299 g/mol. The summed E-state index contributed by atoms with van der Waals surface area (Å²) >= 11 is 9.56. The van der Waals surface area contributed by atoms with E-state index < -0.39 is 23.2 Å². The zero-order chi connectivity index (χ0) is 11.9. The summed E-state index contributed by atoms with van der Waals surface area (Å²) in [6.45, 7) is 2.02. The van der Waals surface area contributed by atoms with Crippen LogP contribution in [0, 0.1) is 11.8 Å². The molecule has 0 N–H and O–H groups in total. The minimum absolute atomic E-state index is 0.189. The smallest absolute Gasteiger partial charge is 0.311 e. The van der Waals surface area contributed by atoms with Crippen molar-refractivity contribution in [2.75, 3.05) is 6.61 Å². The van der Waals surface area contributed by atoms with E-state index in [1.807, 2.05) is 0 Å². The molecule has 90 valence electrons. The van der Waals surface area contributed by atoms with Crippen molar-refractivity contribution in [1.82, 2.24) is 0 Å². The summed E-state index contributed by atoms with van der Waals surface area (Å²) in [5.41, 5.74) is 0. The molecule has 2 bridgehead atoms. The molecule has 0 amide bonds. The highest BCUT2D eigenvalue weighted by atomic mass is 79.9. The second-order valence-electron chi connectivity index (χ2n) is 3.98. The summed E-state index contributed by atoms with van der Waals surface area (Å²) in [6, 6.07) is 0. The van der Waals surface area contributed by atoms with Crippen LogP contribution in [-0.4, -0.2) is 34.9 Å². The minimum Gasteiger partial charge on any atom is -0.466 e. The number of hydrogen-bond donors (Lipinski definition) is 0. The number of esters is 2. The minimum atomic E-state index is -0.600. The summed E-state index contributed by atoms with van der Waals surface area (Å²) in [5.74, 6) is -1.79. The highest BCUT2D eigenvalue weighted by Gasteiger charge is 2.56. The van der Waals surface area contributed by atoms with Crippen LogP contribution in [0.5, 0.6) is 0 Å². The van der Waals surface area contributed by atoms with Crippen LogP contribution in [0.25, 0.3) is 0 Å². The predicted molar refractivity (Wildman–Crippen MR) is 60.5 cm³/mol. The van der Waals surface area contributed by atoms with Gasteiger partial charge in [-0.05, 0) is 13.3 Å². The van der Waals surface area contributed by atoms with Crippen LogP contribution >= 0.6 is 27.5 Å². The number of halogens is 2. The van der Waals surface area contributed by atoms with Crippen LogP contribution < -0.4 is 0 Å². The first-order chi connectivity index (χ1) is 7.56. The van der Waals surface area contributed by atoms with Crippen molar-refractivity contribution in [3.63, 3.8) is 0 Å². The molecule has 0 unspecified atom stereocenters. The second kappa shape index (κ2) is 4.53. The van der Waals surface area contributed by atoms with Crippen LogP contribution in [0.2, 0.25) is 0 Å².